The number of piperidine rings is 1. The molecule has 0 N–H and O–H groups in total. The van der Waals surface area contributed by atoms with E-state index in [1.54, 1.807) is 23.0 Å². The molecule has 4 rings (SSSR count). The van der Waals surface area contributed by atoms with Gasteiger partial charge in [0.1, 0.15) is 6.61 Å². The number of carbonyl (C=O) groups excluding carboxylic acids is 1. The molecule has 0 unspecified atom stereocenters. The summed E-state index contributed by atoms with van der Waals surface area (Å²) in [5.41, 5.74) is 1.81. The number of rotatable bonds is 6. The quantitative estimate of drug-likeness (QED) is 0.525. The fourth-order valence-electron chi connectivity index (χ4n) is 3.53. The number of sulfonamides is 1. The molecule has 0 radical (unpaired) electrons. The van der Waals surface area contributed by atoms with Gasteiger partial charge in [-0.25, -0.2) is 13.1 Å². The highest BCUT2D eigenvalue weighted by atomic mass is 35.5. The van der Waals surface area contributed by atoms with Crippen LogP contribution in [-0.2, 0) is 26.2 Å². The minimum atomic E-state index is -3.59. The zero-order chi connectivity index (χ0) is 21.8. The van der Waals surface area contributed by atoms with Crippen molar-refractivity contribution < 1.29 is 17.9 Å². The van der Waals surface area contributed by atoms with E-state index in [9.17, 15) is 13.2 Å². The summed E-state index contributed by atoms with van der Waals surface area (Å²) in [6.07, 6.45) is 4.43. The Labute approximate surface area is 186 Å². The fourth-order valence-corrected chi connectivity index (χ4v) is 5.12. The molecule has 162 valence electrons. The van der Waals surface area contributed by atoms with Crippen LogP contribution in [-0.4, -0.2) is 41.6 Å². The van der Waals surface area contributed by atoms with Crippen LogP contribution in [0.25, 0.3) is 5.69 Å². The molecule has 0 aliphatic carbocycles. The second kappa shape index (κ2) is 9.21. The van der Waals surface area contributed by atoms with Crippen molar-refractivity contribution >= 4 is 27.6 Å². The van der Waals surface area contributed by atoms with Crippen LogP contribution in [0.4, 0.5) is 0 Å². The number of nitrogens with zero attached hydrogens (tertiary/aromatic N) is 3. The van der Waals surface area contributed by atoms with Gasteiger partial charge >= 0.3 is 5.97 Å². The van der Waals surface area contributed by atoms with E-state index in [4.69, 9.17) is 16.3 Å². The van der Waals surface area contributed by atoms with E-state index < -0.39 is 10.0 Å². The van der Waals surface area contributed by atoms with Crippen molar-refractivity contribution in [1.82, 2.24) is 14.1 Å². The molecule has 1 aromatic heterocycles. The lowest BCUT2D eigenvalue weighted by molar-refractivity contribution is -0.151. The first-order chi connectivity index (χ1) is 14.9. The van der Waals surface area contributed by atoms with E-state index in [0.717, 1.165) is 11.3 Å². The zero-order valence-corrected chi connectivity index (χ0v) is 18.3. The average Bonchev–Trinajstić information content (AvgIpc) is 3.33. The molecular formula is C22H22ClN3O4S. The van der Waals surface area contributed by atoms with Gasteiger partial charge in [-0.05, 0) is 60.9 Å². The topological polar surface area (TPSA) is 81.5 Å². The number of ether oxygens (including phenoxy) is 1. The van der Waals surface area contributed by atoms with Crippen LogP contribution in [0.2, 0.25) is 5.02 Å². The minimum absolute atomic E-state index is 0.182. The Bertz CT molecular complexity index is 1120. The molecule has 2 heterocycles. The summed E-state index contributed by atoms with van der Waals surface area (Å²) in [5, 5.41) is 4.66. The lowest BCUT2D eigenvalue weighted by Gasteiger charge is -2.30. The summed E-state index contributed by atoms with van der Waals surface area (Å²) in [4.78, 5) is 12.7. The molecule has 7 nitrogen and oxygen atoms in total. The summed E-state index contributed by atoms with van der Waals surface area (Å²) in [7, 11) is -3.59. The monoisotopic (exact) mass is 459 g/mol. The third-order valence-corrected chi connectivity index (χ3v) is 7.49. The first-order valence-corrected chi connectivity index (χ1v) is 11.8. The zero-order valence-electron chi connectivity index (χ0n) is 16.7. The Hall–Kier alpha value is -2.68. The van der Waals surface area contributed by atoms with Gasteiger partial charge in [0.2, 0.25) is 10.0 Å². The Kier molecular flexibility index (Phi) is 6.41. The SMILES string of the molecule is O=C(OCc1ccc(-n2cccn2)cc1)C1CCN(S(=O)(=O)c2ccc(Cl)cc2)CC1. The molecule has 0 atom stereocenters. The van der Waals surface area contributed by atoms with Crippen molar-refractivity contribution in [1.29, 1.82) is 0 Å². The second-order valence-corrected chi connectivity index (χ2v) is 9.73. The van der Waals surface area contributed by atoms with Gasteiger partial charge in [0.15, 0.2) is 0 Å². The Morgan fingerprint density at radius 3 is 2.35 bits per heavy atom. The van der Waals surface area contributed by atoms with Crippen molar-refractivity contribution in [2.45, 2.75) is 24.3 Å². The molecule has 0 spiro atoms. The van der Waals surface area contributed by atoms with Crippen molar-refractivity contribution in [3.05, 3.63) is 77.6 Å². The van der Waals surface area contributed by atoms with Crippen LogP contribution < -0.4 is 0 Å². The molecule has 0 bridgehead atoms. The lowest BCUT2D eigenvalue weighted by atomic mass is 9.98. The summed E-state index contributed by atoms with van der Waals surface area (Å²) in [6.45, 7) is 0.744. The standard InChI is InChI=1S/C22H22ClN3O4S/c23-19-4-8-21(9-5-19)31(28,29)25-14-10-18(11-15-25)22(27)30-16-17-2-6-20(7-3-17)26-13-1-12-24-26/h1-9,12-13,18H,10-11,14-16H2. The van der Waals surface area contributed by atoms with Gasteiger partial charge in [0, 0.05) is 30.5 Å². The summed E-state index contributed by atoms with van der Waals surface area (Å²) >= 11 is 5.84. The maximum atomic E-state index is 12.8. The van der Waals surface area contributed by atoms with Gasteiger partial charge in [-0.3, -0.25) is 4.79 Å². The van der Waals surface area contributed by atoms with Crippen LogP contribution in [0.15, 0.2) is 71.9 Å². The van der Waals surface area contributed by atoms with E-state index in [1.807, 2.05) is 36.5 Å². The first kappa shape index (κ1) is 21.5. The maximum Gasteiger partial charge on any atom is 0.309 e. The largest absolute Gasteiger partial charge is 0.461 e. The average molecular weight is 460 g/mol. The van der Waals surface area contributed by atoms with Crippen molar-refractivity contribution in [3.8, 4) is 5.69 Å². The number of benzene rings is 2. The van der Waals surface area contributed by atoms with Gasteiger partial charge < -0.3 is 4.74 Å². The van der Waals surface area contributed by atoms with Gasteiger partial charge in [-0.15, -0.1) is 0 Å². The highest BCUT2D eigenvalue weighted by Gasteiger charge is 2.32. The Morgan fingerprint density at radius 1 is 1.06 bits per heavy atom. The van der Waals surface area contributed by atoms with Crippen molar-refractivity contribution in [2.24, 2.45) is 5.92 Å². The van der Waals surface area contributed by atoms with Crippen LogP contribution in [0.3, 0.4) is 0 Å². The predicted molar refractivity (Wildman–Crippen MR) is 116 cm³/mol. The third kappa shape index (κ3) is 4.98. The second-order valence-electron chi connectivity index (χ2n) is 7.36. The smallest absolute Gasteiger partial charge is 0.309 e. The normalized spacial score (nSPS) is 15.6. The summed E-state index contributed by atoms with van der Waals surface area (Å²) < 4.78 is 34.2. The van der Waals surface area contributed by atoms with Gasteiger partial charge in [-0.2, -0.15) is 9.40 Å². The van der Waals surface area contributed by atoms with E-state index in [2.05, 4.69) is 5.10 Å². The molecule has 2 aromatic carbocycles. The van der Waals surface area contributed by atoms with E-state index >= 15 is 0 Å². The maximum absolute atomic E-state index is 12.8. The molecule has 1 aliphatic heterocycles. The number of hydrogen-bond donors (Lipinski definition) is 0. The van der Waals surface area contributed by atoms with Crippen LogP contribution in [0, 0.1) is 5.92 Å². The number of carbonyl (C=O) groups is 1. The molecular weight excluding hydrogens is 438 g/mol. The summed E-state index contributed by atoms with van der Waals surface area (Å²) in [6, 6.07) is 15.6. The predicted octanol–water partition coefficient (Wildman–Crippen LogP) is 3.67. The molecule has 1 aliphatic rings. The van der Waals surface area contributed by atoms with Crippen molar-refractivity contribution in [3.63, 3.8) is 0 Å². The molecule has 1 fully saturated rings. The fraction of sp³-hybridized carbons (Fsp3) is 0.273. The van der Waals surface area contributed by atoms with E-state index in [-0.39, 0.29) is 36.5 Å². The van der Waals surface area contributed by atoms with Gasteiger partial charge in [0.05, 0.1) is 16.5 Å². The van der Waals surface area contributed by atoms with Crippen LogP contribution >= 0.6 is 11.6 Å². The van der Waals surface area contributed by atoms with Crippen molar-refractivity contribution in [2.75, 3.05) is 13.1 Å². The number of esters is 1. The first-order valence-electron chi connectivity index (χ1n) is 9.95. The molecule has 0 saturated carbocycles. The highest BCUT2D eigenvalue weighted by Crippen LogP contribution is 2.25. The molecule has 31 heavy (non-hydrogen) atoms. The Morgan fingerprint density at radius 2 is 1.74 bits per heavy atom. The molecule has 3 aromatic rings. The molecule has 0 amide bonds. The minimum Gasteiger partial charge on any atom is -0.461 e. The van der Waals surface area contributed by atoms with Gasteiger partial charge in [0.25, 0.3) is 0 Å². The van der Waals surface area contributed by atoms with Crippen LogP contribution in [0.5, 0.6) is 0 Å². The third-order valence-electron chi connectivity index (χ3n) is 5.33. The van der Waals surface area contributed by atoms with E-state index in [0.29, 0.717) is 17.9 Å². The highest BCUT2D eigenvalue weighted by molar-refractivity contribution is 7.89. The van der Waals surface area contributed by atoms with Gasteiger partial charge in [-0.1, -0.05) is 23.7 Å². The summed E-state index contributed by atoms with van der Waals surface area (Å²) in [5.74, 6) is -0.597. The number of aromatic nitrogens is 2. The lowest BCUT2D eigenvalue weighted by Crippen LogP contribution is -2.40. The van der Waals surface area contributed by atoms with Crippen LogP contribution in [0.1, 0.15) is 18.4 Å². The Balaban J connectivity index is 1.29. The van der Waals surface area contributed by atoms with E-state index in [1.165, 1.54) is 16.4 Å². The number of hydrogen-bond acceptors (Lipinski definition) is 5. The number of halogens is 1. The molecule has 9 heteroatoms. The molecule has 1 saturated heterocycles.